The van der Waals surface area contributed by atoms with Crippen LogP contribution in [0.3, 0.4) is 0 Å². The van der Waals surface area contributed by atoms with E-state index in [-0.39, 0.29) is 30.3 Å². The molecule has 0 radical (unpaired) electrons. The SMILES string of the molecule is CC1=CC(=O)C2=C(C1=O)[C@@H](C1=COc3ccc(O)cc3C1)C1=CCn3c(=O)n(C)c(=O)n3[C@@H]1C2. The van der Waals surface area contributed by atoms with E-state index in [9.17, 15) is 24.3 Å². The quantitative estimate of drug-likeness (QED) is 0.511. The molecule has 1 aromatic carbocycles. The summed E-state index contributed by atoms with van der Waals surface area (Å²) in [5.74, 6) is -0.333. The number of phenolic OH excluding ortho intramolecular Hbond substituents is 1. The lowest BCUT2D eigenvalue weighted by molar-refractivity contribution is -0.116. The number of carbonyl (C=O) groups is 2. The Bertz CT molecular complexity index is 1570. The van der Waals surface area contributed by atoms with E-state index in [1.807, 2.05) is 6.08 Å². The number of aromatic nitrogens is 3. The van der Waals surface area contributed by atoms with Crippen molar-refractivity contribution in [2.24, 2.45) is 13.0 Å². The fraction of sp³-hybridized carbons (Fsp3) is 0.280. The van der Waals surface area contributed by atoms with Crippen molar-refractivity contribution < 1.29 is 19.4 Å². The highest BCUT2D eigenvalue weighted by molar-refractivity contribution is 6.23. The van der Waals surface area contributed by atoms with Gasteiger partial charge >= 0.3 is 11.4 Å². The number of aromatic hydroxyl groups is 1. The van der Waals surface area contributed by atoms with Crippen molar-refractivity contribution in [2.75, 3.05) is 0 Å². The first kappa shape index (κ1) is 20.5. The third-order valence-electron chi connectivity index (χ3n) is 7.17. The van der Waals surface area contributed by atoms with Crippen LogP contribution < -0.4 is 16.1 Å². The molecule has 172 valence electrons. The number of hydrogen-bond acceptors (Lipinski definition) is 6. The van der Waals surface area contributed by atoms with E-state index in [2.05, 4.69) is 0 Å². The average molecular weight is 459 g/mol. The van der Waals surface area contributed by atoms with Crippen molar-refractivity contribution in [1.29, 1.82) is 0 Å². The number of phenols is 1. The molecule has 2 aromatic rings. The van der Waals surface area contributed by atoms with Gasteiger partial charge in [-0.25, -0.2) is 23.5 Å². The van der Waals surface area contributed by atoms with Gasteiger partial charge in [-0.05, 0) is 42.3 Å². The first-order valence-corrected chi connectivity index (χ1v) is 11.0. The van der Waals surface area contributed by atoms with Gasteiger partial charge in [-0.1, -0.05) is 6.08 Å². The Morgan fingerprint density at radius 1 is 1.12 bits per heavy atom. The number of ketones is 2. The smallest absolute Gasteiger partial charge is 0.347 e. The molecule has 1 N–H and O–H groups in total. The highest BCUT2D eigenvalue weighted by Crippen LogP contribution is 2.49. The van der Waals surface area contributed by atoms with Crippen molar-refractivity contribution in [3.63, 3.8) is 0 Å². The predicted octanol–water partition coefficient (Wildman–Crippen LogP) is 1.47. The molecule has 34 heavy (non-hydrogen) atoms. The van der Waals surface area contributed by atoms with Crippen LogP contribution in [0, 0.1) is 5.92 Å². The van der Waals surface area contributed by atoms with Gasteiger partial charge in [0, 0.05) is 48.1 Å². The zero-order chi connectivity index (χ0) is 23.9. The molecule has 0 amide bonds. The molecule has 0 saturated carbocycles. The zero-order valence-electron chi connectivity index (χ0n) is 18.6. The number of hydrogen-bond donors (Lipinski definition) is 1. The number of ether oxygens (including phenoxy) is 1. The van der Waals surface area contributed by atoms with Gasteiger partial charge in [-0.2, -0.15) is 0 Å². The molecule has 2 atom stereocenters. The van der Waals surface area contributed by atoms with Crippen LogP contribution >= 0.6 is 0 Å². The Labute approximate surface area is 193 Å². The van der Waals surface area contributed by atoms with E-state index in [0.717, 1.165) is 21.3 Å². The molecular formula is C25H21N3O6. The second-order valence-electron chi connectivity index (χ2n) is 9.10. The molecule has 2 aliphatic carbocycles. The van der Waals surface area contributed by atoms with Crippen LogP contribution in [-0.2, 0) is 29.6 Å². The van der Waals surface area contributed by atoms with Crippen LogP contribution in [0.5, 0.6) is 11.5 Å². The second kappa shape index (κ2) is 6.93. The van der Waals surface area contributed by atoms with E-state index in [1.54, 1.807) is 25.3 Å². The molecule has 6 rings (SSSR count). The van der Waals surface area contributed by atoms with E-state index in [1.165, 1.54) is 28.6 Å². The normalized spacial score (nSPS) is 23.2. The lowest BCUT2D eigenvalue weighted by Crippen LogP contribution is -2.42. The van der Waals surface area contributed by atoms with E-state index < -0.39 is 23.3 Å². The number of rotatable bonds is 1. The lowest BCUT2D eigenvalue weighted by atomic mass is 9.67. The Kier molecular flexibility index (Phi) is 4.17. The summed E-state index contributed by atoms with van der Waals surface area (Å²) in [7, 11) is 1.43. The standard InChI is InChI=1S/C25H21N3O6/c1-12-7-19(30)17-10-18-16(5-6-27-24(32)26(2)25(33)28(18)27)21(22(17)23(12)31)14-8-13-9-15(29)3-4-20(13)34-11-14/h3-5,7,9,11,18,21,29H,6,8,10H2,1-2H3/t18-,21+/m1/s1. The van der Waals surface area contributed by atoms with Gasteiger partial charge in [0.15, 0.2) is 11.6 Å². The van der Waals surface area contributed by atoms with E-state index in [0.29, 0.717) is 28.9 Å². The van der Waals surface area contributed by atoms with Crippen molar-refractivity contribution >= 4 is 11.6 Å². The Hall–Kier alpha value is -4.14. The van der Waals surface area contributed by atoms with Crippen LogP contribution in [0.4, 0.5) is 0 Å². The van der Waals surface area contributed by atoms with Crippen LogP contribution in [0.25, 0.3) is 0 Å². The second-order valence-corrected chi connectivity index (χ2v) is 9.10. The summed E-state index contributed by atoms with van der Waals surface area (Å²) < 4.78 is 9.67. The van der Waals surface area contributed by atoms with Crippen LogP contribution in [0.15, 0.2) is 74.1 Å². The monoisotopic (exact) mass is 459 g/mol. The molecule has 0 saturated heterocycles. The summed E-state index contributed by atoms with van der Waals surface area (Å²) in [4.78, 5) is 52.0. The maximum absolute atomic E-state index is 13.4. The summed E-state index contributed by atoms with van der Waals surface area (Å²) in [6, 6.07) is 4.26. The first-order chi connectivity index (χ1) is 16.3. The van der Waals surface area contributed by atoms with Crippen molar-refractivity contribution in [1.82, 2.24) is 13.9 Å². The highest BCUT2D eigenvalue weighted by Gasteiger charge is 2.45. The van der Waals surface area contributed by atoms with Gasteiger partial charge in [-0.3, -0.25) is 9.59 Å². The molecular weight excluding hydrogens is 438 g/mol. The number of allylic oxidation sites excluding steroid dienone is 7. The third-order valence-corrected chi connectivity index (χ3v) is 7.17. The topological polar surface area (TPSA) is 113 Å². The van der Waals surface area contributed by atoms with Gasteiger partial charge in [-0.15, -0.1) is 0 Å². The Morgan fingerprint density at radius 3 is 2.71 bits per heavy atom. The number of carbonyl (C=O) groups excluding carboxylic acids is 2. The Morgan fingerprint density at radius 2 is 1.91 bits per heavy atom. The Balaban J connectivity index is 1.55. The molecule has 0 fully saturated rings. The lowest BCUT2D eigenvalue weighted by Gasteiger charge is -2.40. The summed E-state index contributed by atoms with van der Waals surface area (Å²) in [5, 5.41) is 9.96. The molecule has 9 heteroatoms. The van der Waals surface area contributed by atoms with Crippen molar-refractivity contribution in [3.8, 4) is 11.5 Å². The van der Waals surface area contributed by atoms with Crippen molar-refractivity contribution in [2.45, 2.75) is 32.4 Å². The minimum absolute atomic E-state index is 0.101. The van der Waals surface area contributed by atoms with Gasteiger partial charge in [0.25, 0.3) is 0 Å². The van der Waals surface area contributed by atoms with Crippen molar-refractivity contribution in [3.05, 3.63) is 91.0 Å². The van der Waals surface area contributed by atoms with Gasteiger partial charge in [0.05, 0.1) is 18.8 Å². The maximum Gasteiger partial charge on any atom is 0.347 e. The number of fused-ring (bicyclic) bond motifs is 4. The molecule has 0 spiro atoms. The summed E-state index contributed by atoms with van der Waals surface area (Å²) >= 11 is 0. The molecule has 0 bridgehead atoms. The molecule has 3 heterocycles. The molecule has 9 nitrogen and oxygen atoms in total. The number of nitrogens with zero attached hydrogens (tertiary/aromatic N) is 3. The summed E-state index contributed by atoms with van der Waals surface area (Å²) in [6.07, 6.45) is 5.37. The molecule has 4 aliphatic rings. The van der Waals surface area contributed by atoms with Gasteiger partial charge < -0.3 is 9.84 Å². The minimum atomic E-state index is -0.583. The fourth-order valence-electron chi connectivity index (χ4n) is 5.55. The van der Waals surface area contributed by atoms with Gasteiger partial charge in [0.1, 0.15) is 11.5 Å². The maximum atomic E-state index is 13.4. The highest BCUT2D eigenvalue weighted by atomic mass is 16.5. The first-order valence-electron chi connectivity index (χ1n) is 11.0. The van der Waals surface area contributed by atoms with E-state index in [4.69, 9.17) is 4.74 Å². The summed E-state index contributed by atoms with van der Waals surface area (Å²) in [5.41, 5.74) is 2.55. The van der Waals surface area contributed by atoms with Crippen LogP contribution in [-0.4, -0.2) is 30.6 Å². The largest absolute Gasteiger partial charge is 0.508 e. The van der Waals surface area contributed by atoms with Crippen LogP contribution in [0.1, 0.15) is 24.9 Å². The van der Waals surface area contributed by atoms with Gasteiger partial charge in [0.2, 0.25) is 0 Å². The predicted molar refractivity (Wildman–Crippen MR) is 120 cm³/mol. The molecule has 1 aromatic heterocycles. The summed E-state index contributed by atoms with van der Waals surface area (Å²) in [6.45, 7) is 1.81. The minimum Gasteiger partial charge on any atom is -0.508 e. The van der Waals surface area contributed by atoms with E-state index >= 15 is 0 Å². The molecule has 0 unspecified atom stereocenters. The third kappa shape index (κ3) is 2.66. The van der Waals surface area contributed by atoms with Crippen LogP contribution in [0.2, 0.25) is 0 Å². The number of benzene rings is 1. The zero-order valence-corrected chi connectivity index (χ0v) is 18.6. The molecule has 2 aliphatic heterocycles. The number of Topliss-reactive ketones (excluding diaryl/α,β-unsaturated/α-hetero) is 1. The fourth-order valence-corrected chi connectivity index (χ4v) is 5.55. The average Bonchev–Trinajstić information content (AvgIpc) is 3.05.